The van der Waals surface area contributed by atoms with E-state index in [4.69, 9.17) is 0 Å². The molecular weight excluding hydrogens is 388 g/mol. The lowest BCUT2D eigenvalue weighted by atomic mass is 9.61. The minimum atomic E-state index is -0.450. The molecular formula is C31H46O. The Morgan fingerprint density at radius 2 is 0.875 bits per heavy atom. The molecule has 0 N–H and O–H groups in total. The highest BCUT2D eigenvalue weighted by molar-refractivity contribution is 5.95. The molecule has 0 fully saturated rings. The van der Waals surface area contributed by atoms with Crippen molar-refractivity contribution in [1.29, 1.82) is 0 Å². The normalized spacial score (nSPS) is 37.7. The summed E-state index contributed by atoms with van der Waals surface area (Å²) in [6.45, 7) is 13.3. The van der Waals surface area contributed by atoms with E-state index in [1.807, 2.05) is 0 Å². The summed E-state index contributed by atoms with van der Waals surface area (Å²) in [4.78, 5) is 14.6. The molecule has 2 aliphatic rings. The van der Waals surface area contributed by atoms with Crippen molar-refractivity contribution >= 4 is 5.78 Å². The highest BCUT2D eigenvalue weighted by Crippen LogP contribution is 2.47. The SMILES string of the molecule is C/C1=C(\C)C(C)(C(=O)C2(C)CC/C=C\CC/C=C\C/C(C)=C\2C)CC/C=C\CC/C=C\C1. The van der Waals surface area contributed by atoms with E-state index in [1.165, 1.54) is 22.3 Å². The summed E-state index contributed by atoms with van der Waals surface area (Å²) in [5, 5.41) is 0. The van der Waals surface area contributed by atoms with Crippen molar-refractivity contribution in [2.45, 2.75) is 106 Å². The van der Waals surface area contributed by atoms with E-state index in [-0.39, 0.29) is 0 Å². The maximum atomic E-state index is 14.6. The van der Waals surface area contributed by atoms with Gasteiger partial charge in [0.05, 0.1) is 0 Å². The Balaban J connectivity index is 2.55. The average molecular weight is 435 g/mol. The van der Waals surface area contributed by atoms with E-state index < -0.39 is 10.8 Å². The Labute approximate surface area is 198 Å². The zero-order valence-electron chi connectivity index (χ0n) is 21.6. The summed E-state index contributed by atoms with van der Waals surface area (Å²) >= 11 is 0. The van der Waals surface area contributed by atoms with E-state index in [2.05, 4.69) is 90.2 Å². The predicted octanol–water partition coefficient (Wildman–Crippen LogP) is 9.39. The van der Waals surface area contributed by atoms with Gasteiger partial charge in [-0.2, -0.15) is 0 Å². The van der Waals surface area contributed by atoms with Crippen LogP contribution in [0.5, 0.6) is 0 Å². The van der Waals surface area contributed by atoms with Crippen molar-refractivity contribution in [2.24, 2.45) is 10.8 Å². The number of carbonyl (C=O) groups is 1. The molecule has 0 radical (unpaired) electrons. The third-order valence-corrected chi connectivity index (χ3v) is 8.07. The van der Waals surface area contributed by atoms with Gasteiger partial charge in [-0.3, -0.25) is 4.79 Å². The van der Waals surface area contributed by atoms with Crippen LogP contribution in [-0.4, -0.2) is 5.78 Å². The van der Waals surface area contributed by atoms with Crippen molar-refractivity contribution < 1.29 is 4.79 Å². The van der Waals surface area contributed by atoms with Crippen LogP contribution in [0, 0.1) is 10.8 Å². The van der Waals surface area contributed by atoms with Gasteiger partial charge < -0.3 is 0 Å². The Morgan fingerprint density at radius 1 is 0.562 bits per heavy atom. The smallest absolute Gasteiger partial charge is 0.152 e. The van der Waals surface area contributed by atoms with Gasteiger partial charge in [-0.05, 0) is 106 Å². The van der Waals surface area contributed by atoms with Crippen molar-refractivity contribution in [3.8, 4) is 0 Å². The molecule has 0 aromatic rings. The second-order valence-electron chi connectivity index (χ2n) is 10.3. The fraction of sp³-hybridized carbons (Fsp3) is 0.581. The van der Waals surface area contributed by atoms with Gasteiger partial charge in [0.1, 0.15) is 0 Å². The predicted molar refractivity (Wildman–Crippen MR) is 141 cm³/mol. The van der Waals surface area contributed by atoms with Crippen molar-refractivity contribution in [1.82, 2.24) is 0 Å². The number of allylic oxidation sites excluding steroid dienone is 12. The fourth-order valence-electron chi connectivity index (χ4n) is 5.16. The van der Waals surface area contributed by atoms with Gasteiger partial charge in [-0.15, -0.1) is 0 Å². The van der Waals surface area contributed by atoms with Gasteiger partial charge in [-0.25, -0.2) is 0 Å². The first kappa shape index (κ1) is 26.4. The van der Waals surface area contributed by atoms with E-state index in [0.29, 0.717) is 5.78 Å². The molecule has 0 aromatic carbocycles. The van der Waals surface area contributed by atoms with Crippen LogP contribution >= 0.6 is 0 Å². The van der Waals surface area contributed by atoms with Crippen LogP contribution in [0.4, 0.5) is 0 Å². The quantitative estimate of drug-likeness (QED) is 0.395. The Hall–Kier alpha value is -1.89. The maximum absolute atomic E-state index is 14.6. The molecule has 0 heterocycles. The summed E-state index contributed by atoms with van der Waals surface area (Å²) in [5.74, 6) is 0.405. The Morgan fingerprint density at radius 3 is 1.25 bits per heavy atom. The molecule has 2 aliphatic carbocycles. The van der Waals surface area contributed by atoms with Crippen LogP contribution in [0.1, 0.15) is 106 Å². The number of hydrogen-bond donors (Lipinski definition) is 0. The van der Waals surface area contributed by atoms with E-state index >= 15 is 0 Å². The molecule has 0 spiro atoms. The molecule has 2 unspecified atom stereocenters. The molecule has 0 aromatic heterocycles. The summed E-state index contributed by atoms with van der Waals surface area (Å²) in [5.41, 5.74) is 4.34. The first-order valence-corrected chi connectivity index (χ1v) is 12.7. The number of Topliss-reactive ketones (excluding diaryl/α,β-unsaturated/α-hetero) is 1. The van der Waals surface area contributed by atoms with Crippen LogP contribution in [-0.2, 0) is 4.79 Å². The fourth-order valence-corrected chi connectivity index (χ4v) is 5.16. The number of hydrogen-bond acceptors (Lipinski definition) is 1. The third kappa shape index (κ3) is 6.56. The van der Waals surface area contributed by atoms with E-state index in [0.717, 1.165) is 64.2 Å². The average Bonchev–Trinajstić information content (AvgIpc) is 2.78. The van der Waals surface area contributed by atoms with Crippen molar-refractivity contribution in [3.05, 3.63) is 70.9 Å². The summed E-state index contributed by atoms with van der Waals surface area (Å²) < 4.78 is 0. The molecule has 0 saturated carbocycles. The number of carbonyl (C=O) groups excluding carboxylic acids is 1. The highest BCUT2D eigenvalue weighted by atomic mass is 16.1. The molecule has 0 saturated heterocycles. The van der Waals surface area contributed by atoms with Gasteiger partial charge in [0.15, 0.2) is 5.78 Å². The van der Waals surface area contributed by atoms with Crippen LogP contribution in [0.2, 0.25) is 0 Å². The largest absolute Gasteiger partial charge is 0.298 e. The van der Waals surface area contributed by atoms with Crippen molar-refractivity contribution in [3.63, 3.8) is 0 Å². The van der Waals surface area contributed by atoms with Gasteiger partial charge in [0.25, 0.3) is 0 Å². The molecule has 0 bridgehead atoms. The lowest BCUT2D eigenvalue weighted by Gasteiger charge is -2.41. The molecule has 2 rings (SSSR count). The molecule has 2 atom stereocenters. The summed E-state index contributed by atoms with van der Waals surface area (Å²) in [7, 11) is 0. The number of ketones is 1. The second-order valence-corrected chi connectivity index (χ2v) is 10.3. The van der Waals surface area contributed by atoms with Gasteiger partial charge in [0, 0.05) is 10.8 Å². The molecule has 0 aliphatic heterocycles. The van der Waals surface area contributed by atoms with Gasteiger partial charge in [0.2, 0.25) is 0 Å². The monoisotopic (exact) mass is 434 g/mol. The summed E-state index contributed by atoms with van der Waals surface area (Å²) in [6.07, 6.45) is 28.2. The van der Waals surface area contributed by atoms with Crippen LogP contribution in [0.25, 0.3) is 0 Å². The zero-order chi connectivity index (χ0) is 23.6. The number of rotatable bonds is 2. The molecule has 1 heteroatoms. The first-order valence-electron chi connectivity index (χ1n) is 12.7. The first-order chi connectivity index (χ1) is 15.2. The standard InChI is InChI=1S/C31H46O/c1-25-21-17-13-9-7-11-15-19-23-30(5,27(25)3)29(32)31(6)24-20-16-12-8-10-14-18-22-26(2)28(31)4/h11-18H,7-10,19-24H2,1-6H3/b15-11-,16-12-,17-13-,18-14-,27-25-,28-26-. The minimum Gasteiger partial charge on any atom is -0.298 e. The van der Waals surface area contributed by atoms with Gasteiger partial charge >= 0.3 is 0 Å². The van der Waals surface area contributed by atoms with E-state index in [1.54, 1.807) is 0 Å². The second kappa shape index (κ2) is 12.4. The van der Waals surface area contributed by atoms with Gasteiger partial charge in [-0.1, -0.05) is 70.9 Å². The maximum Gasteiger partial charge on any atom is 0.152 e. The van der Waals surface area contributed by atoms with Crippen molar-refractivity contribution in [2.75, 3.05) is 0 Å². The molecule has 1 nitrogen and oxygen atoms in total. The molecule has 32 heavy (non-hydrogen) atoms. The minimum absolute atomic E-state index is 0.405. The highest BCUT2D eigenvalue weighted by Gasteiger charge is 2.46. The lowest BCUT2D eigenvalue weighted by molar-refractivity contribution is -0.134. The third-order valence-electron chi connectivity index (χ3n) is 8.07. The lowest BCUT2D eigenvalue weighted by Crippen LogP contribution is -2.43. The van der Waals surface area contributed by atoms with Crippen LogP contribution in [0.3, 0.4) is 0 Å². The molecule has 0 amide bonds. The van der Waals surface area contributed by atoms with Crippen LogP contribution < -0.4 is 0 Å². The topological polar surface area (TPSA) is 17.1 Å². The zero-order valence-corrected chi connectivity index (χ0v) is 21.6. The summed E-state index contributed by atoms with van der Waals surface area (Å²) in [6, 6.07) is 0. The molecule has 176 valence electrons. The Kier molecular flexibility index (Phi) is 10.2. The van der Waals surface area contributed by atoms with E-state index in [9.17, 15) is 4.79 Å². The Bertz CT molecular complexity index is 761. The van der Waals surface area contributed by atoms with Crippen LogP contribution in [0.15, 0.2) is 70.9 Å².